The minimum atomic E-state index is -2.37. The standard InChI is InChI=1S/C48H54N7O8P/c1-32(2)55(47(3,4)28-15-29-49)64(57)63-41-40(60-8)45(54-31-52-39-42(50-30-51-43(39)54)53(5)44(56)33-16-11-9-12-17-33)61-46(41)62-48(34-18-13-10-14-19-34,35-20-24-37(58-6)25-21-35)36-22-26-38(59-7)27-23-36/h9-14,16-27,30-32,40-41,45-46,57H,15,28H2,1-8H3/t40-,41+,45-,46-,64?/m1/s1. The van der Waals surface area contributed by atoms with E-state index in [9.17, 15) is 14.9 Å². The van der Waals surface area contributed by atoms with Crippen molar-refractivity contribution in [2.24, 2.45) is 0 Å². The Bertz CT molecular complexity index is 2470. The second kappa shape index (κ2) is 19.9. The summed E-state index contributed by atoms with van der Waals surface area (Å²) in [4.78, 5) is 41.2. The molecule has 64 heavy (non-hydrogen) atoms. The summed E-state index contributed by atoms with van der Waals surface area (Å²) in [6, 6.07) is 36.0. The van der Waals surface area contributed by atoms with Gasteiger partial charge in [0.05, 0.1) is 26.6 Å². The van der Waals surface area contributed by atoms with Crippen molar-refractivity contribution < 1.29 is 37.9 Å². The Labute approximate surface area is 375 Å². The zero-order chi connectivity index (χ0) is 45.6. The quantitative estimate of drug-likeness (QED) is 0.0647. The van der Waals surface area contributed by atoms with Gasteiger partial charge in [-0.25, -0.2) is 19.6 Å². The summed E-state index contributed by atoms with van der Waals surface area (Å²) in [5.41, 5.74) is 1.44. The van der Waals surface area contributed by atoms with Gasteiger partial charge >= 0.3 is 0 Å². The molecule has 15 nitrogen and oxygen atoms in total. The van der Waals surface area contributed by atoms with E-state index in [1.807, 2.05) is 117 Å². The molecule has 1 aliphatic heterocycles. The fourth-order valence-corrected chi connectivity index (χ4v) is 9.89. The van der Waals surface area contributed by atoms with Crippen LogP contribution in [-0.4, -0.2) is 93.4 Å². The Morgan fingerprint density at radius 3 is 1.98 bits per heavy atom. The van der Waals surface area contributed by atoms with Crippen molar-refractivity contribution in [3.63, 3.8) is 0 Å². The van der Waals surface area contributed by atoms with Crippen LogP contribution in [-0.2, 0) is 24.3 Å². The molecule has 334 valence electrons. The number of imidazole rings is 1. The van der Waals surface area contributed by atoms with Gasteiger partial charge in [0, 0.05) is 37.7 Å². The number of anilines is 1. The van der Waals surface area contributed by atoms with Crippen LogP contribution in [0.25, 0.3) is 11.2 Å². The molecule has 4 aromatic carbocycles. The zero-order valence-corrected chi connectivity index (χ0v) is 38.1. The molecule has 6 aromatic rings. The van der Waals surface area contributed by atoms with Crippen molar-refractivity contribution in [2.75, 3.05) is 33.3 Å². The highest BCUT2D eigenvalue weighted by Gasteiger charge is 2.54. The van der Waals surface area contributed by atoms with Crippen LogP contribution in [0.5, 0.6) is 11.5 Å². The predicted octanol–water partition coefficient (Wildman–Crippen LogP) is 8.40. The molecule has 1 unspecified atom stereocenters. The summed E-state index contributed by atoms with van der Waals surface area (Å²) in [6.45, 7) is 7.91. The third-order valence-electron chi connectivity index (χ3n) is 11.5. The number of aromatic nitrogens is 4. The monoisotopic (exact) mass is 887 g/mol. The first-order chi connectivity index (χ1) is 30.9. The number of hydrogen-bond acceptors (Lipinski definition) is 13. The van der Waals surface area contributed by atoms with Gasteiger partial charge in [-0.05, 0) is 87.2 Å². The van der Waals surface area contributed by atoms with Crippen molar-refractivity contribution in [2.45, 2.75) is 82.4 Å². The molecule has 0 spiro atoms. The van der Waals surface area contributed by atoms with Gasteiger partial charge in [-0.1, -0.05) is 72.8 Å². The molecule has 1 fully saturated rings. The SMILES string of the molecule is COc1ccc(C(O[C@H]2O[C@@H](n3cnc4c(N(C)C(=O)c5ccccc5)ncnc43)[C@H](OC)[C@@H]2OP(O)N(C(C)C)C(C)(C)CCC#N)(c2ccccc2)c2ccc(OC)cc2)cc1. The van der Waals surface area contributed by atoms with Crippen LogP contribution >= 0.6 is 8.53 Å². The zero-order valence-electron chi connectivity index (χ0n) is 37.2. The number of hydrogen-bond donors (Lipinski definition) is 1. The fraction of sp³-hybridized carbons (Fsp3) is 0.354. The summed E-state index contributed by atoms with van der Waals surface area (Å²) < 4.78 is 42.5. The predicted molar refractivity (Wildman–Crippen MR) is 243 cm³/mol. The van der Waals surface area contributed by atoms with Crippen molar-refractivity contribution in [3.8, 4) is 17.6 Å². The molecule has 0 bridgehead atoms. The molecular formula is C48H54N7O8P. The van der Waals surface area contributed by atoms with Crippen molar-refractivity contribution in [1.29, 1.82) is 5.26 Å². The number of carbonyl (C=O) groups excluding carboxylic acids is 1. The number of nitrogens with zero attached hydrogens (tertiary/aromatic N) is 7. The van der Waals surface area contributed by atoms with E-state index in [-0.39, 0.29) is 18.4 Å². The lowest BCUT2D eigenvalue weighted by atomic mass is 9.80. The van der Waals surface area contributed by atoms with Crippen LogP contribution in [0, 0.1) is 11.3 Å². The molecule has 3 heterocycles. The van der Waals surface area contributed by atoms with E-state index in [1.54, 1.807) is 63.5 Å². The van der Waals surface area contributed by atoms with Crippen LogP contribution in [0.1, 0.15) is 73.8 Å². The Kier molecular flexibility index (Phi) is 14.4. The van der Waals surface area contributed by atoms with E-state index in [0.717, 1.165) is 16.7 Å². The average Bonchev–Trinajstić information content (AvgIpc) is 3.90. The molecule has 1 saturated heterocycles. The second-order valence-corrected chi connectivity index (χ2v) is 17.3. The van der Waals surface area contributed by atoms with Gasteiger partial charge in [0.15, 0.2) is 29.5 Å². The molecule has 16 heteroatoms. The molecule has 7 rings (SSSR count). The molecule has 1 N–H and O–H groups in total. The lowest BCUT2D eigenvalue weighted by Gasteiger charge is -2.44. The second-order valence-electron chi connectivity index (χ2n) is 16.2. The van der Waals surface area contributed by atoms with Crippen LogP contribution in [0.2, 0.25) is 0 Å². The van der Waals surface area contributed by atoms with Crippen LogP contribution < -0.4 is 14.4 Å². The average molecular weight is 888 g/mol. The van der Waals surface area contributed by atoms with Gasteiger partial charge < -0.3 is 33.1 Å². The highest BCUT2D eigenvalue weighted by molar-refractivity contribution is 7.43. The van der Waals surface area contributed by atoms with Gasteiger partial charge in [-0.15, -0.1) is 0 Å². The van der Waals surface area contributed by atoms with Crippen molar-refractivity contribution in [1.82, 2.24) is 24.2 Å². The van der Waals surface area contributed by atoms with E-state index in [1.165, 1.54) is 11.2 Å². The number of methoxy groups -OCH3 is 3. The van der Waals surface area contributed by atoms with Crippen molar-refractivity contribution in [3.05, 3.63) is 144 Å². The van der Waals surface area contributed by atoms with Crippen LogP contribution in [0.4, 0.5) is 5.82 Å². The number of rotatable bonds is 18. The smallest absolute Gasteiger partial charge is 0.259 e. The Balaban J connectivity index is 1.39. The Morgan fingerprint density at radius 1 is 0.859 bits per heavy atom. The fourth-order valence-electron chi connectivity index (χ4n) is 8.40. The number of benzene rings is 4. The molecule has 0 saturated carbocycles. The number of nitriles is 1. The normalized spacial score (nSPS) is 18.3. The molecule has 0 radical (unpaired) electrons. The lowest BCUT2D eigenvalue weighted by Crippen LogP contribution is -2.47. The lowest BCUT2D eigenvalue weighted by molar-refractivity contribution is -0.213. The number of ether oxygens (including phenoxy) is 5. The van der Waals surface area contributed by atoms with Gasteiger partial charge in [0.2, 0.25) is 0 Å². The number of amides is 1. The number of fused-ring (bicyclic) bond motifs is 1. The van der Waals surface area contributed by atoms with E-state index < -0.39 is 44.4 Å². The van der Waals surface area contributed by atoms with Crippen LogP contribution in [0.3, 0.4) is 0 Å². The summed E-state index contributed by atoms with van der Waals surface area (Å²) in [6.07, 6.45) is -0.554. The van der Waals surface area contributed by atoms with Crippen LogP contribution in [0.15, 0.2) is 122 Å². The topological polar surface area (TPSA) is 167 Å². The third-order valence-corrected chi connectivity index (χ3v) is 13.3. The van der Waals surface area contributed by atoms with Gasteiger partial charge in [-0.2, -0.15) is 5.26 Å². The van der Waals surface area contributed by atoms with Gasteiger partial charge in [-0.3, -0.25) is 14.3 Å². The molecule has 1 amide bonds. The largest absolute Gasteiger partial charge is 0.497 e. The minimum absolute atomic E-state index is 0.186. The molecular weight excluding hydrogens is 834 g/mol. The number of carbonyl (C=O) groups is 1. The van der Waals surface area contributed by atoms with Gasteiger partial charge in [0.25, 0.3) is 14.4 Å². The molecule has 2 aromatic heterocycles. The van der Waals surface area contributed by atoms with Crippen molar-refractivity contribution >= 4 is 31.4 Å². The minimum Gasteiger partial charge on any atom is -0.497 e. The third kappa shape index (κ3) is 9.09. The highest BCUT2D eigenvalue weighted by Crippen LogP contribution is 2.52. The van der Waals surface area contributed by atoms with E-state index in [4.69, 9.17) is 33.2 Å². The first-order valence-electron chi connectivity index (χ1n) is 20.9. The maximum Gasteiger partial charge on any atom is 0.259 e. The molecule has 1 aliphatic rings. The van der Waals surface area contributed by atoms with E-state index >= 15 is 0 Å². The maximum absolute atomic E-state index is 13.6. The Hall–Kier alpha value is -5.82. The summed E-state index contributed by atoms with van der Waals surface area (Å²) in [7, 11) is 4.03. The molecule has 0 aliphatic carbocycles. The molecule has 5 atom stereocenters. The van der Waals surface area contributed by atoms with E-state index in [2.05, 4.69) is 16.0 Å². The highest BCUT2D eigenvalue weighted by atomic mass is 31.2. The summed E-state index contributed by atoms with van der Waals surface area (Å²) in [5.74, 6) is 1.32. The Morgan fingerprint density at radius 2 is 1.44 bits per heavy atom. The first-order valence-corrected chi connectivity index (χ1v) is 22.1. The summed E-state index contributed by atoms with van der Waals surface area (Å²) >= 11 is 0. The van der Waals surface area contributed by atoms with E-state index in [0.29, 0.717) is 40.5 Å². The maximum atomic E-state index is 13.6. The first kappa shape index (κ1) is 46.2. The summed E-state index contributed by atoms with van der Waals surface area (Å²) in [5, 5.41) is 9.53. The van der Waals surface area contributed by atoms with Gasteiger partial charge in [0.1, 0.15) is 35.6 Å².